The largest absolute Gasteiger partial charge is 0.326 e. The summed E-state index contributed by atoms with van der Waals surface area (Å²) in [6, 6.07) is 2.86. The number of thioether (sulfide) groups is 1. The number of hydrogen-bond donors (Lipinski definition) is 2. The van der Waals surface area contributed by atoms with Gasteiger partial charge in [-0.1, -0.05) is 23.2 Å². The summed E-state index contributed by atoms with van der Waals surface area (Å²) in [5.74, 6) is 1.09. The first-order chi connectivity index (χ1) is 9.44. The van der Waals surface area contributed by atoms with Crippen molar-refractivity contribution in [2.45, 2.75) is 29.5 Å². The van der Waals surface area contributed by atoms with Gasteiger partial charge in [-0.3, -0.25) is 0 Å². The number of benzene rings is 1. The molecule has 1 unspecified atom stereocenters. The molecular formula is C12H16Cl2N2O2S2. The number of rotatable bonds is 5. The zero-order valence-electron chi connectivity index (χ0n) is 10.7. The predicted octanol–water partition coefficient (Wildman–Crippen LogP) is 2.63. The number of halogens is 2. The monoisotopic (exact) mass is 354 g/mol. The van der Waals surface area contributed by atoms with Crippen molar-refractivity contribution in [1.82, 2.24) is 4.72 Å². The number of hydrogen-bond acceptors (Lipinski definition) is 4. The van der Waals surface area contributed by atoms with Gasteiger partial charge >= 0.3 is 0 Å². The minimum absolute atomic E-state index is 0.0343. The van der Waals surface area contributed by atoms with Gasteiger partial charge in [0.05, 0.1) is 5.02 Å². The van der Waals surface area contributed by atoms with Crippen LogP contribution in [0.4, 0.5) is 0 Å². The molecule has 0 bridgehead atoms. The Morgan fingerprint density at radius 1 is 1.35 bits per heavy atom. The topological polar surface area (TPSA) is 72.2 Å². The van der Waals surface area contributed by atoms with Crippen LogP contribution in [0, 0.1) is 0 Å². The summed E-state index contributed by atoms with van der Waals surface area (Å²) in [6.45, 7) is 0.584. The van der Waals surface area contributed by atoms with Gasteiger partial charge in [-0.25, -0.2) is 13.1 Å². The summed E-state index contributed by atoms with van der Waals surface area (Å²) in [5, 5.41) is 0.825. The average Bonchev–Trinajstić information content (AvgIpc) is 2.89. The number of sulfonamides is 1. The molecule has 0 amide bonds. The molecule has 0 spiro atoms. The summed E-state index contributed by atoms with van der Waals surface area (Å²) in [4.78, 5) is 0.0343. The predicted molar refractivity (Wildman–Crippen MR) is 85.0 cm³/mol. The second-order valence-electron chi connectivity index (χ2n) is 4.57. The maximum atomic E-state index is 12.3. The second-order valence-corrected chi connectivity index (χ2v) is 8.52. The molecule has 0 saturated carbocycles. The van der Waals surface area contributed by atoms with Crippen LogP contribution in [0.3, 0.4) is 0 Å². The minimum atomic E-state index is -3.64. The molecule has 112 valence electrons. The Balaban J connectivity index is 2.19. The van der Waals surface area contributed by atoms with E-state index in [-0.39, 0.29) is 16.5 Å². The highest BCUT2D eigenvalue weighted by Crippen LogP contribution is 2.29. The van der Waals surface area contributed by atoms with Gasteiger partial charge in [0.2, 0.25) is 10.0 Å². The lowest BCUT2D eigenvalue weighted by atomic mass is 10.2. The molecule has 4 nitrogen and oxygen atoms in total. The van der Waals surface area contributed by atoms with Gasteiger partial charge in [0, 0.05) is 23.4 Å². The molecule has 0 radical (unpaired) electrons. The fourth-order valence-corrected chi connectivity index (χ4v) is 5.28. The highest BCUT2D eigenvalue weighted by atomic mass is 35.5. The summed E-state index contributed by atoms with van der Waals surface area (Å²) >= 11 is 13.7. The van der Waals surface area contributed by atoms with Crippen LogP contribution < -0.4 is 10.5 Å². The van der Waals surface area contributed by atoms with Crippen LogP contribution in [0.15, 0.2) is 17.0 Å². The van der Waals surface area contributed by atoms with Gasteiger partial charge in [0.25, 0.3) is 0 Å². The van der Waals surface area contributed by atoms with Crippen LogP contribution in [0.2, 0.25) is 10.0 Å². The van der Waals surface area contributed by atoms with E-state index in [1.165, 1.54) is 12.1 Å². The molecule has 0 aromatic heterocycles. The van der Waals surface area contributed by atoms with Crippen molar-refractivity contribution in [3.8, 4) is 0 Å². The standard InChI is InChI=1S/C12H16Cl2N2O2S2/c13-10-5-11(14)12(4-8(10)6-15)20(17,18)16-7-9-2-1-3-19-9/h4-5,9,16H,1-3,6-7,15H2. The van der Waals surface area contributed by atoms with Crippen LogP contribution in [-0.2, 0) is 16.6 Å². The van der Waals surface area contributed by atoms with Crippen LogP contribution in [0.5, 0.6) is 0 Å². The zero-order chi connectivity index (χ0) is 14.8. The van der Waals surface area contributed by atoms with Crippen LogP contribution in [0.1, 0.15) is 18.4 Å². The van der Waals surface area contributed by atoms with E-state index in [0.29, 0.717) is 22.4 Å². The van der Waals surface area contributed by atoms with Gasteiger partial charge in [-0.2, -0.15) is 11.8 Å². The molecule has 0 aliphatic carbocycles. The van der Waals surface area contributed by atoms with Gasteiger partial charge in [-0.15, -0.1) is 0 Å². The zero-order valence-corrected chi connectivity index (χ0v) is 13.9. The Kier molecular flexibility index (Phi) is 5.62. The third kappa shape index (κ3) is 3.81. The average molecular weight is 355 g/mol. The normalized spacial score (nSPS) is 19.4. The molecule has 2 rings (SSSR count). The summed E-state index contributed by atoms with van der Waals surface area (Å²) in [6.07, 6.45) is 2.17. The van der Waals surface area contributed by atoms with Gasteiger partial charge in [0.15, 0.2) is 0 Å². The lowest BCUT2D eigenvalue weighted by Crippen LogP contribution is -2.30. The molecule has 1 saturated heterocycles. The molecule has 20 heavy (non-hydrogen) atoms. The van der Waals surface area contributed by atoms with Crippen molar-refractivity contribution in [2.75, 3.05) is 12.3 Å². The summed E-state index contributed by atoms with van der Waals surface area (Å²) in [5.41, 5.74) is 6.10. The summed E-state index contributed by atoms with van der Waals surface area (Å²) in [7, 11) is -3.64. The van der Waals surface area contributed by atoms with E-state index in [0.717, 1.165) is 18.6 Å². The minimum Gasteiger partial charge on any atom is -0.326 e. The van der Waals surface area contributed by atoms with E-state index < -0.39 is 10.0 Å². The fourth-order valence-electron chi connectivity index (χ4n) is 2.02. The molecule has 1 aromatic carbocycles. The Morgan fingerprint density at radius 2 is 2.10 bits per heavy atom. The first-order valence-electron chi connectivity index (χ1n) is 6.23. The molecule has 8 heteroatoms. The van der Waals surface area contributed by atoms with E-state index in [4.69, 9.17) is 28.9 Å². The highest BCUT2D eigenvalue weighted by molar-refractivity contribution is 8.00. The van der Waals surface area contributed by atoms with Crippen molar-refractivity contribution < 1.29 is 8.42 Å². The number of nitrogens with one attached hydrogen (secondary N) is 1. The van der Waals surface area contributed by atoms with E-state index >= 15 is 0 Å². The first-order valence-corrected chi connectivity index (χ1v) is 9.52. The molecule has 1 aliphatic heterocycles. The van der Waals surface area contributed by atoms with Gasteiger partial charge in [-0.05, 0) is 36.3 Å². The lowest BCUT2D eigenvalue weighted by molar-refractivity contribution is 0.579. The SMILES string of the molecule is NCc1cc(S(=O)(=O)NCC2CCCS2)c(Cl)cc1Cl. The molecular weight excluding hydrogens is 339 g/mol. The molecule has 1 heterocycles. The molecule has 3 N–H and O–H groups in total. The van der Waals surface area contributed by atoms with Crippen LogP contribution in [-0.4, -0.2) is 26.0 Å². The van der Waals surface area contributed by atoms with Crippen molar-refractivity contribution in [1.29, 1.82) is 0 Å². The van der Waals surface area contributed by atoms with Gasteiger partial charge < -0.3 is 5.73 Å². The van der Waals surface area contributed by atoms with E-state index in [1.807, 2.05) is 0 Å². The first kappa shape index (κ1) is 16.4. The maximum absolute atomic E-state index is 12.3. The third-order valence-electron chi connectivity index (χ3n) is 3.14. The molecule has 1 atom stereocenters. The quantitative estimate of drug-likeness (QED) is 0.852. The van der Waals surface area contributed by atoms with Crippen molar-refractivity contribution >= 4 is 45.0 Å². The molecule has 1 aliphatic rings. The van der Waals surface area contributed by atoms with Crippen LogP contribution in [0.25, 0.3) is 0 Å². The Morgan fingerprint density at radius 3 is 2.70 bits per heavy atom. The Hall–Kier alpha value is 0.0200. The highest BCUT2D eigenvalue weighted by Gasteiger charge is 2.23. The number of nitrogens with two attached hydrogens (primary N) is 1. The van der Waals surface area contributed by atoms with E-state index in [2.05, 4.69) is 4.72 Å². The molecule has 1 aromatic rings. The molecule has 1 fully saturated rings. The van der Waals surface area contributed by atoms with Crippen LogP contribution >= 0.6 is 35.0 Å². The van der Waals surface area contributed by atoms with E-state index in [1.54, 1.807) is 11.8 Å². The van der Waals surface area contributed by atoms with Crippen molar-refractivity contribution in [3.63, 3.8) is 0 Å². The smallest absolute Gasteiger partial charge is 0.242 e. The maximum Gasteiger partial charge on any atom is 0.242 e. The van der Waals surface area contributed by atoms with Crippen molar-refractivity contribution in [3.05, 3.63) is 27.7 Å². The second kappa shape index (κ2) is 6.85. The van der Waals surface area contributed by atoms with E-state index in [9.17, 15) is 8.42 Å². The van der Waals surface area contributed by atoms with Gasteiger partial charge in [0.1, 0.15) is 4.90 Å². The Bertz CT molecular complexity index is 587. The fraction of sp³-hybridized carbons (Fsp3) is 0.500. The third-order valence-corrected chi connectivity index (χ3v) is 6.77. The summed E-state index contributed by atoms with van der Waals surface area (Å²) < 4.78 is 27.2. The van der Waals surface area contributed by atoms with Crippen molar-refractivity contribution in [2.24, 2.45) is 5.73 Å². The Labute approximate surface area is 133 Å². The lowest BCUT2D eigenvalue weighted by Gasteiger charge is -2.13.